The molecule has 0 bridgehead atoms. The Kier molecular flexibility index (Phi) is 2.25. The van der Waals surface area contributed by atoms with Gasteiger partial charge in [-0.2, -0.15) is 0 Å². The smallest absolute Gasteiger partial charge is 0.108 e. The van der Waals surface area contributed by atoms with Crippen molar-refractivity contribution < 1.29 is 0 Å². The van der Waals surface area contributed by atoms with E-state index >= 15 is 0 Å². The first-order chi connectivity index (χ1) is 6.66. The number of rotatable bonds is 2. The Morgan fingerprint density at radius 2 is 2.29 bits per heavy atom. The molecule has 1 atom stereocenters. The average Bonchev–Trinajstić information content (AvgIpc) is 2.47. The van der Waals surface area contributed by atoms with E-state index < -0.39 is 0 Å². The van der Waals surface area contributed by atoms with E-state index in [9.17, 15) is 0 Å². The third-order valence-corrected chi connectivity index (χ3v) is 2.28. The number of fused-ring (bicyclic) bond motifs is 1. The van der Waals surface area contributed by atoms with Crippen LogP contribution in [0.4, 0.5) is 0 Å². The van der Waals surface area contributed by atoms with Crippen LogP contribution in [0.5, 0.6) is 0 Å². The van der Waals surface area contributed by atoms with Crippen molar-refractivity contribution in [3.8, 4) is 0 Å². The maximum atomic E-state index is 5.72. The maximum Gasteiger partial charge on any atom is 0.108 e. The van der Waals surface area contributed by atoms with Crippen LogP contribution in [0.25, 0.3) is 11.0 Å². The van der Waals surface area contributed by atoms with Gasteiger partial charge in [-0.1, -0.05) is 12.1 Å². The monoisotopic (exact) mass is 189 g/mol. The first-order valence-corrected chi connectivity index (χ1v) is 4.86. The van der Waals surface area contributed by atoms with Crippen LogP contribution in [-0.2, 0) is 6.42 Å². The van der Waals surface area contributed by atoms with Crippen molar-refractivity contribution in [2.45, 2.75) is 26.3 Å². The minimum Gasteiger partial charge on any atom is -0.342 e. The van der Waals surface area contributed by atoms with Crippen LogP contribution in [0.2, 0.25) is 0 Å². The maximum absolute atomic E-state index is 5.72. The molecule has 0 saturated carbocycles. The molecule has 1 unspecified atom stereocenters. The first-order valence-electron chi connectivity index (χ1n) is 4.86. The first kappa shape index (κ1) is 9.21. The van der Waals surface area contributed by atoms with Gasteiger partial charge in [-0.3, -0.25) is 0 Å². The summed E-state index contributed by atoms with van der Waals surface area (Å²) in [7, 11) is 0. The lowest BCUT2D eigenvalue weighted by atomic mass is 10.2. The van der Waals surface area contributed by atoms with Crippen molar-refractivity contribution in [1.29, 1.82) is 0 Å². The number of benzene rings is 1. The number of aryl methyl sites for hydroxylation is 1. The minimum absolute atomic E-state index is 0.149. The van der Waals surface area contributed by atoms with Gasteiger partial charge in [0.1, 0.15) is 5.82 Å². The lowest BCUT2D eigenvalue weighted by molar-refractivity contribution is 0.711. The summed E-state index contributed by atoms with van der Waals surface area (Å²) in [6.07, 6.45) is 0.800. The molecule has 3 nitrogen and oxygen atoms in total. The third kappa shape index (κ3) is 1.63. The highest BCUT2D eigenvalue weighted by molar-refractivity contribution is 5.78. The molecule has 0 spiro atoms. The van der Waals surface area contributed by atoms with E-state index in [2.05, 4.69) is 23.0 Å². The number of nitrogens with one attached hydrogen (secondary N) is 1. The molecule has 0 radical (unpaired) electrons. The zero-order chi connectivity index (χ0) is 10.1. The van der Waals surface area contributed by atoms with Gasteiger partial charge in [-0.25, -0.2) is 4.98 Å². The van der Waals surface area contributed by atoms with Crippen molar-refractivity contribution >= 4 is 11.0 Å². The fourth-order valence-electron chi connectivity index (χ4n) is 1.63. The highest BCUT2D eigenvalue weighted by Crippen LogP contribution is 2.15. The van der Waals surface area contributed by atoms with Gasteiger partial charge in [-0.15, -0.1) is 0 Å². The predicted octanol–water partition coefficient (Wildman–Crippen LogP) is 1.76. The molecule has 1 aromatic heterocycles. The fraction of sp³-hybridized carbons (Fsp3) is 0.364. The molecule has 0 fully saturated rings. The Hall–Kier alpha value is -1.35. The minimum atomic E-state index is 0.149. The molecule has 1 aromatic carbocycles. The average molecular weight is 189 g/mol. The summed E-state index contributed by atoms with van der Waals surface area (Å²) in [5.74, 6) is 0.976. The number of H-pyrrole nitrogens is 1. The van der Waals surface area contributed by atoms with Crippen molar-refractivity contribution in [3.63, 3.8) is 0 Å². The number of aromatic amines is 1. The summed E-state index contributed by atoms with van der Waals surface area (Å²) < 4.78 is 0. The predicted molar refractivity (Wildman–Crippen MR) is 58.2 cm³/mol. The van der Waals surface area contributed by atoms with E-state index in [1.165, 1.54) is 5.56 Å². The second-order valence-corrected chi connectivity index (χ2v) is 3.84. The molecule has 0 aliphatic rings. The highest BCUT2D eigenvalue weighted by atomic mass is 14.9. The normalized spacial score (nSPS) is 13.4. The topological polar surface area (TPSA) is 54.7 Å². The SMILES string of the molecule is Cc1cccc2[nH]c(CC(C)N)nc12. The number of hydrogen-bond donors (Lipinski definition) is 2. The van der Waals surface area contributed by atoms with Gasteiger partial charge < -0.3 is 10.7 Å². The zero-order valence-corrected chi connectivity index (χ0v) is 8.54. The lowest BCUT2D eigenvalue weighted by Gasteiger charge is -1.99. The second kappa shape index (κ2) is 3.42. The molecule has 0 saturated heterocycles. The standard InChI is InChI=1S/C11H15N3/c1-7-4-3-5-9-11(7)14-10(13-9)6-8(2)12/h3-5,8H,6,12H2,1-2H3,(H,13,14). The molecule has 1 heterocycles. The van der Waals surface area contributed by atoms with Crippen LogP contribution in [0.3, 0.4) is 0 Å². The number of nitrogens with two attached hydrogens (primary N) is 1. The molecule has 2 rings (SSSR count). The van der Waals surface area contributed by atoms with Crippen LogP contribution >= 0.6 is 0 Å². The van der Waals surface area contributed by atoms with Gasteiger partial charge in [0.2, 0.25) is 0 Å². The summed E-state index contributed by atoms with van der Waals surface area (Å²) in [4.78, 5) is 7.79. The van der Waals surface area contributed by atoms with Crippen LogP contribution in [0.1, 0.15) is 18.3 Å². The van der Waals surface area contributed by atoms with Crippen molar-refractivity contribution in [3.05, 3.63) is 29.6 Å². The zero-order valence-electron chi connectivity index (χ0n) is 8.54. The Morgan fingerprint density at radius 1 is 1.50 bits per heavy atom. The van der Waals surface area contributed by atoms with Crippen LogP contribution < -0.4 is 5.73 Å². The van der Waals surface area contributed by atoms with Crippen molar-refractivity contribution in [1.82, 2.24) is 9.97 Å². The molecule has 74 valence electrons. The summed E-state index contributed by atoms with van der Waals surface area (Å²) in [6, 6.07) is 6.29. The highest BCUT2D eigenvalue weighted by Gasteiger charge is 2.05. The van der Waals surface area contributed by atoms with E-state index in [-0.39, 0.29) is 6.04 Å². The van der Waals surface area contributed by atoms with Gasteiger partial charge in [-0.05, 0) is 25.5 Å². The van der Waals surface area contributed by atoms with E-state index in [1.54, 1.807) is 0 Å². The van der Waals surface area contributed by atoms with Crippen LogP contribution in [-0.4, -0.2) is 16.0 Å². The summed E-state index contributed by atoms with van der Waals surface area (Å²) in [6.45, 7) is 4.05. The Morgan fingerprint density at radius 3 is 2.93 bits per heavy atom. The van der Waals surface area contributed by atoms with Crippen LogP contribution in [0.15, 0.2) is 18.2 Å². The fourth-order valence-corrected chi connectivity index (χ4v) is 1.63. The molecule has 2 aromatic rings. The van der Waals surface area contributed by atoms with E-state index in [4.69, 9.17) is 5.73 Å². The van der Waals surface area contributed by atoms with E-state index in [0.717, 1.165) is 23.3 Å². The molecule has 14 heavy (non-hydrogen) atoms. The molecule has 3 heteroatoms. The van der Waals surface area contributed by atoms with Crippen molar-refractivity contribution in [2.24, 2.45) is 5.73 Å². The molecular formula is C11H15N3. The largest absolute Gasteiger partial charge is 0.342 e. The number of hydrogen-bond acceptors (Lipinski definition) is 2. The van der Waals surface area contributed by atoms with E-state index in [1.807, 2.05) is 19.1 Å². The van der Waals surface area contributed by atoms with Crippen LogP contribution in [0, 0.1) is 6.92 Å². The Labute approximate surface area is 83.3 Å². The van der Waals surface area contributed by atoms with Gasteiger partial charge in [0.05, 0.1) is 11.0 Å². The summed E-state index contributed by atoms with van der Waals surface area (Å²) >= 11 is 0. The van der Waals surface area contributed by atoms with Gasteiger partial charge in [0, 0.05) is 12.5 Å². The molecule has 0 aliphatic heterocycles. The quantitative estimate of drug-likeness (QED) is 0.756. The number of nitrogens with zero attached hydrogens (tertiary/aromatic N) is 1. The van der Waals surface area contributed by atoms with Gasteiger partial charge >= 0.3 is 0 Å². The third-order valence-electron chi connectivity index (χ3n) is 2.28. The second-order valence-electron chi connectivity index (χ2n) is 3.84. The van der Waals surface area contributed by atoms with Gasteiger partial charge in [0.25, 0.3) is 0 Å². The number of aromatic nitrogens is 2. The summed E-state index contributed by atoms with van der Waals surface area (Å²) in [5, 5.41) is 0. The number of imidazole rings is 1. The molecule has 3 N–H and O–H groups in total. The molecular weight excluding hydrogens is 174 g/mol. The molecule has 0 aliphatic carbocycles. The lowest BCUT2D eigenvalue weighted by Crippen LogP contribution is -2.18. The Balaban J connectivity index is 2.46. The van der Waals surface area contributed by atoms with E-state index in [0.29, 0.717) is 0 Å². The number of para-hydroxylation sites is 1. The summed E-state index contributed by atoms with van der Waals surface area (Å²) in [5.41, 5.74) is 9.08. The Bertz CT molecular complexity index is 443. The van der Waals surface area contributed by atoms with Crippen molar-refractivity contribution in [2.75, 3.05) is 0 Å². The van der Waals surface area contributed by atoms with Gasteiger partial charge in [0.15, 0.2) is 0 Å². The molecule has 0 amide bonds.